The smallest absolute Gasteiger partial charge is 0.309 e. The molecule has 0 fully saturated rings. The van der Waals surface area contributed by atoms with Crippen LogP contribution in [0.2, 0.25) is 0 Å². The monoisotopic (exact) mass is 250 g/mol. The van der Waals surface area contributed by atoms with Gasteiger partial charge in [-0.05, 0) is 44.4 Å². The van der Waals surface area contributed by atoms with E-state index in [9.17, 15) is 4.79 Å². The van der Waals surface area contributed by atoms with E-state index in [-0.39, 0.29) is 5.97 Å². The molecule has 1 unspecified atom stereocenters. The fraction of sp³-hybridized carbons (Fsp3) is 0.688. The normalized spacial score (nSPS) is 26.5. The molecule has 0 radical (unpaired) electrons. The molecule has 18 heavy (non-hydrogen) atoms. The van der Waals surface area contributed by atoms with Gasteiger partial charge >= 0.3 is 5.97 Å². The van der Waals surface area contributed by atoms with Crippen LogP contribution < -0.4 is 0 Å². The van der Waals surface area contributed by atoms with Gasteiger partial charge in [-0.2, -0.15) is 0 Å². The van der Waals surface area contributed by atoms with E-state index < -0.39 is 0 Å². The number of allylic oxidation sites excluding steroid dienone is 3. The molecule has 2 nitrogen and oxygen atoms in total. The molecule has 0 N–H and O–H groups in total. The summed E-state index contributed by atoms with van der Waals surface area (Å²) in [4.78, 5) is 11.4. The maximum atomic E-state index is 11.4. The largest absolute Gasteiger partial charge is 0.465 e. The SMILES string of the molecule is CC1CCCC=CCCC/C=C/CC(=O)OCC1. The number of carbonyl (C=O) groups is 1. The Hall–Kier alpha value is -1.05. The van der Waals surface area contributed by atoms with Crippen molar-refractivity contribution < 1.29 is 9.53 Å². The van der Waals surface area contributed by atoms with Crippen molar-refractivity contribution in [3.63, 3.8) is 0 Å². The van der Waals surface area contributed by atoms with Crippen molar-refractivity contribution in [2.24, 2.45) is 5.92 Å². The Morgan fingerprint density at radius 1 is 1.00 bits per heavy atom. The molecule has 0 aliphatic carbocycles. The van der Waals surface area contributed by atoms with Crippen LogP contribution in [-0.4, -0.2) is 12.6 Å². The minimum absolute atomic E-state index is 0.0922. The summed E-state index contributed by atoms with van der Waals surface area (Å²) in [5, 5.41) is 0. The molecule has 1 aliphatic rings. The summed E-state index contributed by atoms with van der Waals surface area (Å²) in [5.74, 6) is 0.556. The first-order chi connectivity index (χ1) is 8.79. The van der Waals surface area contributed by atoms with Gasteiger partial charge in [0.1, 0.15) is 0 Å². The Morgan fingerprint density at radius 3 is 2.44 bits per heavy atom. The van der Waals surface area contributed by atoms with Crippen LogP contribution in [-0.2, 0) is 9.53 Å². The minimum atomic E-state index is -0.0922. The van der Waals surface area contributed by atoms with Crippen molar-refractivity contribution in [2.45, 2.75) is 58.3 Å². The van der Waals surface area contributed by atoms with Gasteiger partial charge in [0.05, 0.1) is 13.0 Å². The minimum Gasteiger partial charge on any atom is -0.465 e. The molecular weight excluding hydrogens is 224 g/mol. The highest BCUT2D eigenvalue weighted by atomic mass is 16.5. The summed E-state index contributed by atoms with van der Waals surface area (Å²) < 4.78 is 5.21. The first-order valence-electron chi connectivity index (χ1n) is 7.24. The molecule has 0 aromatic rings. The maximum absolute atomic E-state index is 11.4. The lowest BCUT2D eigenvalue weighted by Crippen LogP contribution is -2.07. The zero-order valence-corrected chi connectivity index (χ0v) is 11.6. The summed E-state index contributed by atoms with van der Waals surface area (Å²) in [6, 6.07) is 0. The second-order valence-corrected chi connectivity index (χ2v) is 5.12. The summed E-state index contributed by atoms with van der Waals surface area (Å²) >= 11 is 0. The lowest BCUT2D eigenvalue weighted by atomic mass is 10.0. The van der Waals surface area contributed by atoms with Crippen LogP contribution in [0, 0.1) is 5.92 Å². The van der Waals surface area contributed by atoms with Gasteiger partial charge in [0.2, 0.25) is 0 Å². The quantitative estimate of drug-likeness (QED) is 0.470. The number of hydrogen-bond acceptors (Lipinski definition) is 2. The van der Waals surface area contributed by atoms with Gasteiger partial charge in [-0.3, -0.25) is 4.79 Å². The summed E-state index contributed by atoms with van der Waals surface area (Å²) in [5.41, 5.74) is 0. The zero-order valence-electron chi connectivity index (χ0n) is 11.6. The zero-order chi connectivity index (χ0) is 13.1. The van der Waals surface area contributed by atoms with Crippen LogP contribution >= 0.6 is 0 Å². The second kappa shape index (κ2) is 9.93. The molecule has 0 saturated carbocycles. The molecule has 0 bridgehead atoms. The van der Waals surface area contributed by atoms with Gasteiger partial charge in [-0.15, -0.1) is 0 Å². The Kier molecular flexibility index (Phi) is 8.28. The van der Waals surface area contributed by atoms with E-state index >= 15 is 0 Å². The van der Waals surface area contributed by atoms with Crippen LogP contribution in [0.15, 0.2) is 24.3 Å². The van der Waals surface area contributed by atoms with Crippen LogP contribution in [0.3, 0.4) is 0 Å². The summed E-state index contributed by atoms with van der Waals surface area (Å²) in [6.07, 6.45) is 17.0. The lowest BCUT2D eigenvalue weighted by molar-refractivity contribution is -0.142. The van der Waals surface area contributed by atoms with E-state index in [1.807, 2.05) is 6.08 Å². The number of rotatable bonds is 0. The average Bonchev–Trinajstić information content (AvgIpc) is 2.34. The van der Waals surface area contributed by atoms with Crippen molar-refractivity contribution in [3.05, 3.63) is 24.3 Å². The van der Waals surface area contributed by atoms with Crippen LogP contribution in [0.5, 0.6) is 0 Å². The highest BCUT2D eigenvalue weighted by Gasteiger charge is 2.04. The Balaban J connectivity index is 2.34. The Bertz CT molecular complexity index is 279. The predicted octanol–water partition coefficient (Wildman–Crippen LogP) is 4.41. The van der Waals surface area contributed by atoms with Crippen molar-refractivity contribution >= 4 is 5.97 Å². The van der Waals surface area contributed by atoms with Gasteiger partial charge in [0.15, 0.2) is 0 Å². The van der Waals surface area contributed by atoms with Crippen molar-refractivity contribution in [3.8, 4) is 0 Å². The third-order valence-electron chi connectivity index (χ3n) is 3.30. The molecule has 2 heteroatoms. The second-order valence-electron chi connectivity index (χ2n) is 5.12. The highest BCUT2D eigenvalue weighted by molar-refractivity contribution is 5.71. The number of ether oxygens (including phenoxy) is 1. The first kappa shape index (κ1) is 15.0. The number of hydrogen-bond donors (Lipinski definition) is 0. The number of esters is 1. The molecule has 1 atom stereocenters. The first-order valence-corrected chi connectivity index (χ1v) is 7.24. The van der Waals surface area contributed by atoms with E-state index in [0.29, 0.717) is 18.9 Å². The topological polar surface area (TPSA) is 26.3 Å². The third-order valence-corrected chi connectivity index (χ3v) is 3.30. The third kappa shape index (κ3) is 8.10. The van der Waals surface area contributed by atoms with Gasteiger partial charge < -0.3 is 4.74 Å². The Morgan fingerprint density at radius 2 is 1.67 bits per heavy atom. The lowest BCUT2D eigenvalue weighted by Gasteiger charge is -2.10. The average molecular weight is 250 g/mol. The molecule has 0 amide bonds. The molecule has 0 spiro atoms. The molecule has 1 heterocycles. The molecule has 0 saturated heterocycles. The molecular formula is C16H26O2. The number of cyclic esters (lactones) is 1. The highest BCUT2D eigenvalue weighted by Crippen LogP contribution is 2.13. The van der Waals surface area contributed by atoms with E-state index in [2.05, 4.69) is 25.2 Å². The standard InChI is InChI=1S/C16H26O2/c1-15-11-9-7-5-3-2-4-6-8-10-12-16(17)18-14-13-15/h3,5,8,10,15H,2,4,6-7,9,11-14H2,1H3/b5-3?,10-8+. The molecule has 0 aromatic carbocycles. The molecule has 102 valence electrons. The maximum Gasteiger partial charge on any atom is 0.309 e. The predicted molar refractivity (Wildman–Crippen MR) is 75.3 cm³/mol. The molecule has 0 aromatic heterocycles. The number of carbonyl (C=O) groups excluding carboxylic acids is 1. The van der Waals surface area contributed by atoms with Gasteiger partial charge in [-0.25, -0.2) is 0 Å². The van der Waals surface area contributed by atoms with E-state index in [1.54, 1.807) is 0 Å². The van der Waals surface area contributed by atoms with Crippen LogP contribution in [0.25, 0.3) is 0 Å². The fourth-order valence-electron chi connectivity index (χ4n) is 2.05. The van der Waals surface area contributed by atoms with Crippen LogP contribution in [0.4, 0.5) is 0 Å². The van der Waals surface area contributed by atoms with Crippen LogP contribution in [0.1, 0.15) is 58.3 Å². The summed E-state index contributed by atoms with van der Waals surface area (Å²) in [6.45, 7) is 2.81. The van der Waals surface area contributed by atoms with Gasteiger partial charge in [0, 0.05) is 0 Å². The van der Waals surface area contributed by atoms with E-state index in [0.717, 1.165) is 19.3 Å². The fourth-order valence-corrected chi connectivity index (χ4v) is 2.05. The summed E-state index contributed by atoms with van der Waals surface area (Å²) in [7, 11) is 0. The molecule has 1 rings (SSSR count). The van der Waals surface area contributed by atoms with E-state index in [4.69, 9.17) is 4.74 Å². The van der Waals surface area contributed by atoms with E-state index in [1.165, 1.54) is 25.7 Å². The molecule has 1 aliphatic heterocycles. The van der Waals surface area contributed by atoms with Crippen molar-refractivity contribution in [1.82, 2.24) is 0 Å². The van der Waals surface area contributed by atoms with Crippen molar-refractivity contribution in [2.75, 3.05) is 6.61 Å². The Labute approximate surface area is 111 Å². The van der Waals surface area contributed by atoms with Gasteiger partial charge in [0.25, 0.3) is 0 Å². The van der Waals surface area contributed by atoms with Crippen molar-refractivity contribution in [1.29, 1.82) is 0 Å². The van der Waals surface area contributed by atoms with Gasteiger partial charge in [-0.1, -0.05) is 37.6 Å².